The summed E-state index contributed by atoms with van der Waals surface area (Å²) in [6.07, 6.45) is 0. The van der Waals surface area contributed by atoms with Gasteiger partial charge < -0.3 is 0 Å². The van der Waals surface area contributed by atoms with E-state index in [9.17, 15) is 4.79 Å². The minimum absolute atomic E-state index is 0.0294. The van der Waals surface area contributed by atoms with E-state index in [-0.39, 0.29) is 5.56 Å². The van der Waals surface area contributed by atoms with Crippen molar-refractivity contribution < 1.29 is 0 Å². The molecule has 2 nitrogen and oxygen atoms in total. The molecule has 0 amide bonds. The van der Waals surface area contributed by atoms with Gasteiger partial charge in [0.1, 0.15) is 0 Å². The first kappa shape index (κ1) is 22.0. The second-order valence-electron chi connectivity index (χ2n) is 10.4. The molecule has 8 aromatic rings. The number of para-hydroxylation sites is 2. The zero-order valence-electron chi connectivity index (χ0n) is 21.4. The summed E-state index contributed by atoms with van der Waals surface area (Å²) in [7, 11) is 0. The normalized spacial score (nSPS) is 12.5. The lowest BCUT2D eigenvalue weighted by atomic mass is 9.91. The topological polar surface area (TPSA) is 22.0 Å². The van der Waals surface area contributed by atoms with Crippen LogP contribution in [-0.2, 0) is 0 Å². The first-order valence-corrected chi connectivity index (χ1v) is 14.3. The number of nitrogens with zero attached hydrogens (tertiary/aromatic N) is 1. The van der Waals surface area contributed by atoms with Crippen LogP contribution in [0.3, 0.4) is 0 Å². The highest BCUT2D eigenvalue weighted by molar-refractivity contribution is 7.99. The molecule has 0 bridgehead atoms. The average molecular weight is 528 g/mol. The monoisotopic (exact) mass is 527 g/mol. The van der Waals surface area contributed by atoms with Crippen LogP contribution in [0.25, 0.3) is 70.8 Å². The number of rotatable bonds is 1. The van der Waals surface area contributed by atoms with E-state index in [0.717, 1.165) is 48.3 Å². The zero-order valence-corrected chi connectivity index (χ0v) is 22.2. The van der Waals surface area contributed by atoms with Crippen molar-refractivity contribution in [1.82, 2.24) is 4.57 Å². The molecule has 0 saturated heterocycles. The first-order valence-electron chi connectivity index (χ1n) is 13.5. The molecule has 0 saturated carbocycles. The lowest BCUT2D eigenvalue weighted by Crippen LogP contribution is -2.22. The molecule has 7 aromatic carbocycles. The van der Waals surface area contributed by atoms with Crippen molar-refractivity contribution in [2.24, 2.45) is 0 Å². The van der Waals surface area contributed by atoms with Gasteiger partial charge in [-0.3, -0.25) is 9.36 Å². The third kappa shape index (κ3) is 2.87. The smallest absolute Gasteiger partial charge is 0.263 e. The van der Waals surface area contributed by atoms with Crippen LogP contribution in [0.4, 0.5) is 0 Å². The van der Waals surface area contributed by atoms with Gasteiger partial charge in [0.15, 0.2) is 0 Å². The summed E-state index contributed by atoms with van der Waals surface area (Å²) in [6, 6.07) is 44.8. The summed E-state index contributed by atoms with van der Waals surface area (Å²) < 4.78 is 1.97. The number of pyridine rings is 1. The van der Waals surface area contributed by atoms with Gasteiger partial charge in [-0.15, -0.1) is 0 Å². The molecule has 0 fully saturated rings. The molecule has 1 aliphatic rings. The molecule has 0 radical (unpaired) electrons. The zero-order chi connectivity index (χ0) is 26.4. The molecule has 0 aliphatic carbocycles. The van der Waals surface area contributed by atoms with Crippen LogP contribution in [0.5, 0.6) is 0 Å². The highest BCUT2D eigenvalue weighted by Crippen LogP contribution is 2.47. The quantitative estimate of drug-likeness (QED) is 0.198. The predicted octanol–water partition coefficient (Wildman–Crippen LogP) is 9.74. The van der Waals surface area contributed by atoms with Crippen LogP contribution in [0.2, 0.25) is 0 Å². The third-order valence-electron chi connectivity index (χ3n) is 8.37. The van der Waals surface area contributed by atoms with Gasteiger partial charge in [-0.05, 0) is 67.5 Å². The van der Waals surface area contributed by atoms with Crippen molar-refractivity contribution in [3.05, 3.63) is 138 Å². The molecule has 1 aliphatic heterocycles. The molecule has 0 unspecified atom stereocenters. The van der Waals surface area contributed by atoms with Gasteiger partial charge in [0, 0.05) is 26.1 Å². The van der Waals surface area contributed by atoms with Gasteiger partial charge in [-0.2, -0.15) is 0 Å². The summed E-state index contributed by atoms with van der Waals surface area (Å²) >= 11 is 1.75. The van der Waals surface area contributed by atoms with Crippen LogP contribution in [0, 0.1) is 0 Å². The van der Waals surface area contributed by atoms with E-state index in [4.69, 9.17) is 0 Å². The number of fused-ring (bicyclic) bond motifs is 10. The number of hydrogen-bond donors (Lipinski definition) is 0. The van der Waals surface area contributed by atoms with Crippen molar-refractivity contribution >= 4 is 65.8 Å². The van der Waals surface area contributed by atoms with E-state index < -0.39 is 0 Å². The van der Waals surface area contributed by atoms with Crippen LogP contribution in [-0.4, -0.2) is 4.57 Å². The van der Waals surface area contributed by atoms with Crippen LogP contribution >= 0.6 is 11.8 Å². The standard InChI is InChI=1S/C37H21NOS/c39-37-31-14-6-5-13-28(31)30-16-8-18-34-36(30)38(37)35-23(15-7-17-33(35)40-34)22-19-20-29-26-11-2-1-9-24(26)25-10-3-4-12-27(25)32(29)21-22/h1-21H. The van der Waals surface area contributed by atoms with Crippen LogP contribution < -0.4 is 5.56 Å². The number of hydrogen-bond acceptors (Lipinski definition) is 2. The Morgan fingerprint density at radius 1 is 0.450 bits per heavy atom. The van der Waals surface area contributed by atoms with Gasteiger partial charge in [-0.1, -0.05) is 115 Å². The highest BCUT2D eigenvalue weighted by Gasteiger charge is 2.25. The fourth-order valence-electron chi connectivity index (χ4n) is 6.65. The van der Waals surface area contributed by atoms with Crippen LogP contribution in [0.15, 0.2) is 142 Å². The molecular weight excluding hydrogens is 506 g/mol. The lowest BCUT2D eigenvalue weighted by Gasteiger charge is -2.25. The Hall–Kier alpha value is -4.86. The number of benzene rings is 7. The van der Waals surface area contributed by atoms with E-state index in [1.54, 1.807) is 11.8 Å². The Balaban J connectivity index is 1.41. The molecule has 0 atom stereocenters. The molecule has 2 heterocycles. The molecule has 9 rings (SSSR count). The maximum absolute atomic E-state index is 14.2. The van der Waals surface area contributed by atoms with Gasteiger partial charge in [0.25, 0.3) is 5.56 Å². The van der Waals surface area contributed by atoms with E-state index >= 15 is 0 Å². The summed E-state index contributed by atoms with van der Waals surface area (Å²) in [5.74, 6) is 0. The van der Waals surface area contributed by atoms with E-state index in [1.165, 1.54) is 32.3 Å². The fraction of sp³-hybridized carbons (Fsp3) is 0. The van der Waals surface area contributed by atoms with Crippen molar-refractivity contribution in [2.45, 2.75) is 9.79 Å². The lowest BCUT2D eigenvalue weighted by molar-refractivity contribution is 1.00. The van der Waals surface area contributed by atoms with Gasteiger partial charge in [0.05, 0.1) is 11.2 Å². The predicted molar refractivity (Wildman–Crippen MR) is 169 cm³/mol. The number of aromatic nitrogens is 1. The van der Waals surface area contributed by atoms with Crippen molar-refractivity contribution in [3.8, 4) is 16.8 Å². The summed E-state index contributed by atoms with van der Waals surface area (Å²) in [5, 5.41) is 10.4. The molecule has 1 aromatic heterocycles. The van der Waals surface area contributed by atoms with E-state index in [2.05, 4.69) is 109 Å². The summed E-state index contributed by atoms with van der Waals surface area (Å²) in [6.45, 7) is 0. The Bertz CT molecular complexity index is 2400. The second kappa shape index (κ2) is 8.08. The van der Waals surface area contributed by atoms with E-state index in [0.29, 0.717) is 0 Å². The minimum Gasteiger partial charge on any atom is -0.273 e. The van der Waals surface area contributed by atoms with Gasteiger partial charge in [0.2, 0.25) is 0 Å². The highest BCUT2D eigenvalue weighted by atomic mass is 32.2. The van der Waals surface area contributed by atoms with Gasteiger partial charge >= 0.3 is 0 Å². The molecule has 0 N–H and O–H groups in total. The van der Waals surface area contributed by atoms with E-state index in [1.807, 2.05) is 22.8 Å². The van der Waals surface area contributed by atoms with Gasteiger partial charge in [-0.25, -0.2) is 0 Å². The van der Waals surface area contributed by atoms with Crippen LogP contribution in [0.1, 0.15) is 0 Å². The third-order valence-corrected chi connectivity index (χ3v) is 9.47. The molecule has 186 valence electrons. The molecule has 3 heteroatoms. The second-order valence-corrected chi connectivity index (χ2v) is 11.5. The maximum atomic E-state index is 14.2. The first-order chi connectivity index (χ1) is 19.8. The summed E-state index contributed by atoms with van der Waals surface area (Å²) in [4.78, 5) is 16.4. The SMILES string of the molecule is O=c1c2ccccc2c2cccc3c2n1-c1c(cccc1-c1ccc2c4ccccc4c4ccccc4c2c1)S3. The Labute approximate surface area is 234 Å². The van der Waals surface area contributed by atoms with Crippen molar-refractivity contribution in [1.29, 1.82) is 0 Å². The molecular formula is C37H21NOS. The summed E-state index contributed by atoms with van der Waals surface area (Å²) in [5.41, 5.74) is 4.17. The minimum atomic E-state index is 0.0294. The molecule has 40 heavy (non-hydrogen) atoms. The maximum Gasteiger partial charge on any atom is 0.263 e. The molecule has 0 spiro atoms. The average Bonchev–Trinajstić information content (AvgIpc) is 3.02. The van der Waals surface area contributed by atoms with Crippen molar-refractivity contribution in [2.75, 3.05) is 0 Å². The largest absolute Gasteiger partial charge is 0.273 e. The Kier molecular flexibility index (Phi) is 4.44. The Morgan fingerprint density at radius 2 is 0.975 bits per heavy atom. The fourth-order valence-corrected chi connectivity index (χ4v) is 7.78. The Morgan fingerprint density at radius 3 is 1.68 bits per heavy atom. The van der Waals surface area contributed by atoms with Crippen molar-refractivity contribution in [3.63, 3.8) is 0 Å².